The highest BCUT2D eigenvalue weighted by Crippen LogP contribution is 2.10. The van der Waals surface area contributed by atoms with E-state index in [0.717, 1.165) is 11.0 Å². The summed E-state index contributed by atoms with van der Waals surface area (Å²) in [6.45, 7) is 4.00. The van der Waals surface area contributed by atoms with E-state index in [0.29, 0.717) is 23.6 Å². The number of carbonyl (C=O) groups is 1. The van der Waals surface area contributed by atoms with Gasteiger partial charge in [0, 0.05) is 0 Å². The number of aryl methyl sites for hydroxylation is 1. The van der Waals surface area contributed by atoms with E-state index >= 15 is 0 Å². The van der Waals surface area contributed by atoms with Crippen LogP contribution in [0.15, 0.2) is 46.1 Å². The monoisotopic (exact) mass is 297 g/mol. The van der Waals surface area contributed by atoms with Gasteiger partial charge < -0.3 is 4.42 Å². The third-order valence-electron chi connectivity index (χ3n) is 3.25. The minimum Gasteiger partial charge on any atom is -0.469 e. The summed E-state index contributed by atoms with van der Waals surface area (Å²) in [5, 5.41) is 12.3. The van der Waals surface area contributed by atoms with Gasteiger partial charge in [-0.15, -0.1) is 5.10 Å². The Kier molecular flexibility index (Phi) is 3.69. The second-order valence-electron chi connectivity index (χ2n) is 4.91. The number of hydrogen-bond donors (Lipinski definition) is 1. The van der Waals surface area contributed by atoms with Gasteiger partial charge in [0.2, 0.25) is 0 Å². The molecule has 0 fully saturated rings. The van der Waals surface area contributed by atoms with E-state index in [9.17, 15) is 4.79 Å². The van der Waals surface area contributed by atoms with Crippen LogP contribution in [0.3, 0.4) is 0 Å². The maximum Gasteiger partial charge on any atom is 0.274 e. The number of fused-ring (bicyclic) bond motifs is 1. The summed E-state index contributed by atoms with van der Waals surface area (Å²) in [5.74, 6) is 0.265. The zero-order valence-electron chi connectivity index (χ0n) is 12.3. The second-order valence-corrected chi connectivity index (χ2v) is 4.91. The van der Waals surface area contributed by atoms with Crippen LogP contribution in [0.2, 0.25) is 0 Å². The van der Waals surface area contributed by atoms with Gasteiger partial charge in [0.25, 0.3) is 5.91 Å². The van der Waals surface area contributed by atoms with Crippen molar-refractivity contribution in [3.05, 3.63) is 47.9 Å². The van der Waals surface area contributed by atoms with Crippen LogP contribution in [-0.4, -0.2) is 26.6 Å². The molecule has 0 saturated heterocycles. The van der Waals surface area contributed by atoms with Gasteiger partial charge in [0.1, 0.15) is 11.3 Å². The fraction of sp³-hybridized carbons (Fsp3) is 0.200. The Labute approximate surface area is 126 Å². The summed E-state index contributed by atoms with van der Waals surface area (Å²) in [5.41, 5.74) is 5.45. The van der Waals surface area contributed by atoms with Crippen molar-refractivity contribution in [1.29, 1.82) is 0 Å². The summed E-state index contributed by atoms with van der Waals surface area (Å²) in [6.07, 6.45) is 1.47. The minimum absolute atomic E-state index is 0.297. The van der Waals surface area contributed by atoms with Crippen LogP contribution < -0.4 is 5.43 Å². The molecule has 0 radical (unpaired) electrons. The van der Waals surface area contributed by atoms with Crippen molar-refractivity contribution >= 4 is 22.7 Å². The number of aromatic nitrogens is 3. The Bertz CT molecular complexity index is 846. The topological polar surface area (TPSA) is 85.3 Å². The van der Waals surface area contributed by atoms with Gasteiger partial charge in [-0.2, -0.15) is 5.10 Å². The lowest BCUT2D eigenvalue weighted by atomic mass is 10.2. The minimum atomic E-state index is -0.297. The molecule has 0 atom stereocenters. The fourth-order valence-electron chi connectivity index (χ4n) is 2.11. The predicted molar refractivity (Wildman–Crippen MR) is 81.5 cm³/mol. The van der Waals surface area contributed by atoms with Crippen LogP contribution in [0.25, 0.3) is 11.0 Å². The Hall–Kier alpha value is -2.96. The Morgan fingerprint density at radius 1 is 1.36 bits per heavy atom. The van der Waals surface area contributed by atoms with E-state index < -0.39 is 0 Å². The standard InChI is InChI=1S/C15H15N5O2/c1-10(16-18-15(21)12-7-8-22-11(12)2)9-20-14-6-4-3-5-13(14)17-19-20/h3-8H,9H2,1-2H3,(H,18,21). The predicted octanol–water partition coefficient (Wildman–Crippen LogP) is 2.14. The molecule has 2 heterocycles. The summed E-state index contributed by atoms with van der Waals surface area (Å²) in [6, 6.07) is 9.29. The average molecular weight is 297 g/mol. The molecule has 0 unspecified atom stereocenters. The molecule has 22 heavy (non-hydrogen) atoms. The van der Waals surface area contributed by atoms with E-state index in [2.05, 4.69) is 20.8 Å². The first-order chi connectivity index (χ1) is 10.6. The van der Waals surface area contributed by atoms with Crippen LogP contribution in [0, 0.1) is 6.92 Å². The highest BCUT2D eigenvalue weighted by Gasteiger charge is 2.10. The zero-order valence-corrected chi connectivity index (χ0v) is 12.3. The van der Waals surface area contributed by atoms with Gasteiger partial charge in [-0.3, -0.25) is 4.79 Å². The summed E-state index contributed by atoms with van der Waals surface area (Å²) < 4.78 is 6.83. The Balaban J connectivity index is 1.70. The van der Waals surface area contributed by atoms with Crippen molar-refractivity contribution in [1.82, 2.24) is 20.4 Å². The van der Waals surface area contributed by atoms with Crippen LogP contribution in [0.4, 0.5) is 0 Å². The maximum absolute atomic E-state index is 11.9. The first-order valence-electron chi connectivity index (χ1n) is 6.81. The molecule has 2 aromatic heterocycles. The summed E-state index contributed by atoms with van der Waals surface area (Å²) >= 11 is 0. The third-order valence-corrected chi connectivity index (χ3v) is 3.25. The quantitative estimate of drug-likeness (QED) is 0.590. The summed E-state index contributed by atoms with van der Waals surface area (Å²) in [4.78, 5) is 11.9. The molecule has 3 rings (SSSR count). The average Bonchev–Trinajstić information content (AvgIpc) is 3.12. The molecule has 0 bridgehead atoms. The highest BCUT2D eigenvalue weighted by molar-refractivity contribution is 5.96. The number of rotatable bonds is 4. The van der Waals surface area contributed by atoms with Gasteiger partial charge in [-0.25, -0.2) is 10.1 Å². The SMILES string of the molecule is CC(Cn1nnc2ccccc21)=NNC(=O)c1ccoc1C. The lowest BCUT2D eigenvalue weighted by Crippen LogP contribution is -2.21. The Morgan fingerprint density at radius 2 is 2.18 bits per heavy atom. The van der Waals surface area contributed by atoms with E-state index in [-0.39, 0.29) is 5.91 Å². The number of amides is 1. The first-order valence-corrected chi connectivity index (χ1v) is 6.81. The van der Waals surface area contributed by atoms with E-state index in [1.165, 1.54) is 6.26 Å². The van der Waals surface area contributed by atoms with Crippen molar-refractivity contribution in [2.24, 2.45) is 5.10 Å². The fourth-order valence-corrected chi connectivity index (χ4v) is 2.11. The smallest absolute Gasteiger partial charge is 0.274 e. The number of hydrogen-bond acceptors (Lipinski definition) is 5. The first kappa shape index (κ1) is 14.0. The van der Waals surface area contributed by atoms with Crippen molar-refractivity contribution in [3.63, 3.8) is 0 Å². The number of hydrazone groups is 1. The van der Waals surface area contributed by atoms with Crippen LogP contribution in [0.1, 0.15) is 23.0 Å². The van der Waals surface area contributed by atoms with Gasteiger partial charge in [0.15, 0.2) is 0 Å². The second kappa shape index (κ2) is 5.80. The van der Waals surface area contributed by atoms with Crippen LogP contribution >= 0.6 is 0 Å². The molecule has 1 amide bonds. The van der Waals surface area contributed by atoms with Crippen molar-refractivity contribution < 1.29 is 9.21 Å². The molecule has 0 aliphatic carbocycles. The molecule has 1 aromatic carbocycles. The lowest BCUT2D eigenvalue weighted by molar-refractivity contribution is 0.0953. The molecule has 0 spiro atoms. The van der Waals surface area contributed by atoms with Crippen molar-refractivity contribution in [2.75, 3.05) is 0 Å². The molecule has 3 aromatic rings. The third kappa shape index (κ3) is 2.73. The van der Waals surface area contributed by atoms with Crippen molar-refractivity contribution in [2.45, 2.75) is 20.4 Å². The number of furan rings is 1. The molecule has 0 aliphatic rings. The summed E-state index contributed by atoms with van der Waals surface area (Å²) in [7, 11) is 0. The van der Waals surface area contributed by atoms with Crippen molar-refractivity contribution in [3.8, 4) is 0 Å². The maximum atomic E-state index is 11.9. The number of nitrogens with one attached hydrogen (secondary N) is 1. The van der Waals surface area contributed by atoms with Gasteiger partial charge in [-0.1, -0.05) is 17.3 Å². The molecule has 7 heteroatoms. The van der Waals surface area contributed by atoms with E-state index in [4.69, 9.17) is 4.42 Å². The number of para-hydroxylation sites is 1. The van der Waals surface area contributed by atoms with Gasteiger partial charge in [-0.05, 0) is 32.0 Å². The largest absolute Gasteiger partial charge is 0.469 e. The molecule has 1 N–H and O–H groups in total. The zero-order chi connectivity index (χ0) is 15.5. The molecule has 112 valence electrons. The number of benzene rings is 1. The molecule has 7 nitrogen and oxygen atoms in total. The Morgan fingerprint density at radius 3 is 2.95 bits per heavy atom. The lowest BCUT2D eigenvalue weighted by Gasteiger charge is -2.03. The number of nitrogens with zero attached hydrogens (tertiary/aromatic N) is 4. The van der Waals surface area contributed by atoms with E-state index in [1.54, 1.807) is 17.7 Å². The molecular formula is C15H15N5O2. The van der Waals surface area contributed by atoms with Gasteiger partial charge in [0.05, 0.1) is 29.6 Å². The van der Waals surface area contributed by atoms with Crippen LogP contribution in [-0.2, 0) is 6.54 Å². The van der Waals surface area contributed by atoms with Crippen LogP contribution in [0.5, 0.6) is 0 Å². The molecular weight excluding hydrogens is 282 g/mol. The van der Waals surface area contributed by atoms with Gasteiger partial charge >= 0.3 is 0 Å². The molecule has 0 aliphatic heterocycles. The normalized spacial score (nSPS) is 11.8. The molecule has 0 saturated carbocycles. The van der Waals surface area contributed by atoms with E-state index in [1.807, 2.05) is 31.2 Å². The number of carbonyl (C=O) groups excluding carboxylic acids is 1. The highest BCUT2D eigenvalue weighted by atomic mass is 16.3.